The van der Waals surface area contributed by atoms with Gasteiger partial charge in [0.2, 0.25) is 5.91 Å². The summed E-state index contributed by atoms with van der Waals surface area (Å²) in [6, 6.07) is 16.0. The van der Waals surface area contributed by atoms with Crippen LogP contribution in [0, 0.1) is 0 Å². The summed E-state index contributed by atoms with van der Waals surface area (Å²) < 4.78 is 5.24. The minimum absolute atomic E-state index is 0.193. The van der Waals surface area contributed by atoms with E-state index in [1.807, 2.05) is 37.3 Å². The van der Waals surface area contributed by atoms with E-state index in [0.717, 1.165) is 6.42 Å². The molecule has 2 aromatic rings. The number of carbonyl (C=O) groups is 2. The van der Waals surface area contributed by atoms with Gasteiger partial charge in [0.15, 0.2) is 0 Å². The van der Waals surface area contributed by atoms with E-state index in [2.05, 4.69) is 10.6 Å². The third-order valence-electron chi connectivity index (χ3n) is 4.18. The molecule has 0 fully saturated rings. The van der Waals surface area contributed by atoms with Crippen LogP contribution in [0.5, 0.6) is 0 Å². The second-order valence-electron chi connectivity index (χ2n) is 6.41. The lowest BCUT2D eigenvalue weighted by molar-refractivity contribution is -0.120. The van der Waals surface area contributed by atoms with Gasteiger partial charge >= 0.3 is 0 Å². The second kappa shape index (κ2) is 9.85. The van der Waals surface area contributed by atoms with Gasteiger partial charge in [0.25, 0.3) is 5.91 Å². The zero-order chi connectivity index (χ0) is 19.7. The van der Waals surface area contributed by atoms with E-state index in [-0.39, 0.29) is 11.8 Å². The molecule has 0 heterocycles. The zero-order valence-electron chi connectivity index (χ0n) is 15.8. The SMILES string of the molecule is CCOCCCNC(=O)c1cccc(NC(=O)C(C)(N)c2ccccc2)c1. The van der Waals surface area contributed by atoms with Gasteiger partial charge < -0.3 is 21.1 Å². The molecule has 6 nitrogen and oxygen atoms in total. The Bertz CT molecular complexity index is 760. The molecular formula is C21H27N3O3. The molecule has 4 N–H and O–H groups in total. The van der Waals surface area contributed by atoms with E-state index in [1.54, 1.807) is 31.2 Å². The van der Waals surface area contributed by atoms with Crippen molar-refractivity contribution in [1.29, 1.82) is 0 Å². The van der Waals surface area contributed by atoms with Crippen LogP contribution >= 0.6 is 0 Å². The highest BCUT2D eigenvalue weighted by atomic mass is 16.5. The molecule has 0 spiro atoms. The molecule has 144 valence electrons. The lowest BCUT2D eigenvalue weighted by atomic mass is 9.92. The number of benzene rings is 2. The van der Waals surface area contributed by atoms with E-state index in [4.69, 9.17) is 10.5 Å². The Morgan fingerprint density at radius 1 is 1.11 bits per heavy atom. The molecular weight excluding hydrogens is 342 g/mol. The van der Waals surface area contributed by atoms with E-state index in [0.29, 0.717) is 36.6 Å². The number of amides is 2. The summed E-state index contributed by atoms with van der Waals surface area (Å²) >= 11 is 0. The fourth-order valence-corrected chi connectivity index (χ4v) is 2.54. The fraction of sp³-hybridized carbons (Fsp3) is 0.333. The van der Waals surface area contributed by atoms with Crippen molar-refractivity contribution in [3.05, 3.63) is 65.7 Å². The van der Waals surface area contributed by atoms with Crippen LogP contribution < -0.4 is 16.4 Å². The van der Waals surface area contributed by atoms with Crippen molar-refractivity contribution in [3.8, 4) is 0 Å². The average Bonchev–Trinajstić information content (AvgIpc) is 2.68. The number of hydrogen-bond acceptors (Lipinski definition) is 4. The van der Waals surface area contributed by atoms with Gasteiger partial charge in [-0.2, -0.15) is 0 Å². The van der Waals surface area contributed by atoms with Crippen molar-refractivity contribution < 1.29 is 14.3 Å². The van der Waals surface area contributed by atoms with E-state index in [9.17, 15) is 9.59 Å². The van der Waals surface area contributed by atoms with Gasteiger partial charge in [-0.05, 0) is 44.0 Å². The number of carbonyl (C=O) groups excluding carboxylic acids is 2. The predicted molar refractivity (Wildman–Crippen MR) is 106 cm³/mol. The molecule has 0 saturated heterocycles. The number of nitrogens with one attached hydrogen (secondary N) is 2. The molecule has 2 aromatic carbocycles. The highest BCUT2D eigenvalue weighted by Gasteiger charge is 2.30. The number of ether oxygens (including phenoxy) is 1. The molecule has 6 heteroatoms. The molecule has 2 rings (SSSR count). The minimum Gasteiger partial charge on any atom is -0.382 e. The summed E-state index contributed by atoms with van der Waals surface area (Å²) in [5.74, 6) is -0.538. The van der Waals surface area contributed by atoms with Crippen molar-refractivity contribution >= 4 is 17.5 Å². The van der Waals surface area contributed by atoms with Gasteiger partial charge in [0, 0.05) is 31.0 Å². The first-order chi connectivity index (χ1) is 12.9. The Kier molecular flexibility index (Phi) is 7.52. The lowest BCUT2D eigenvalue weighted by Crippen LogP contribution is -2.45. The standard InChI is InChI=1S/C21H27N3O3/c1-3-27-14-8-13-23-19(25)16-9-7-12-18(15-16)24-20(26)21(2,22)17-10-5-4-6-11-17/h4-7,9-12,15H,3,8,13-14,22H2,1-2H3,(H,23,25)(H,24,26). The molecule has 1 unspecified atom stereocenters. The lowest BCUT2D eigenvalue weighted by Gasteiger charge is -2.24. The first-order valence-electron chi connectivity index (χ1n) is 9.07. The Hall–Kier alpha value is -2.70. The van der Waals surface area contributed by atoms with Gasteiger partial charge in [-0.3, -0.25) is 9.59 Å². The summed E-state index contributed by atoms with van der Waals surface area (Å²) in [5.41, 5.74) is 6.76. The largest absolute Gasteiger partial charge is 0.382 e. The number of hydrogen-bond donors (Lipinski definition) is 3. The van der Waals surface area contributed by atoms with Gasteiger partial charge in [-0.15, -0.1) is 0 Å². The summed E-state index contributed by atoms with van der Waals surface area (Å²) in [6.07, 6.45) is 0.749. The van der Waals surface area contributed by atoms with Crippen LogP contribution in [0.4, 0.5) is 5.69 Å². The van der Waals surface area contributed by atoms with Crippen LogP contribution in [0.3, 0.4) is 0 Å². The first-order valence-corrected chi connectivity index (χ1v) is 9.07. The fourth-order valence-electron chi connectivity index (χ4n) is 2.54. The summed E-state index contributed by atoms with van der Waals surface area (Å²) in [5, 5.41) is 5.63. The highest BCUT2D eigenvalue weighted by Crippen LogP contribution is 2.20. The van der Waals surface area contributed by atoms with E-state index >= 15 is 0 Å². The molecule has 2 amide bonds. The molecule has 0 saturated carbocycles. The molecule has 0 aromatic heterocycles. The number of anilines is 1. The van der Waals surface area contributed by atoms with Crippen molar-refractivity contribution in [2.75, 3.05) is 25.1 Å². The maximum Gasteiger partial charge on any atom is 0.251 e. The van der Waals surface area contributed by atoms with Gasteiger partial charge in [-0.1, -0.05) is 36.4 Å². The molecule has 27 heavy (non-hydrogen) atoms. The van der Waals surface area contributed by atoms with Crippen LogP contribution in [-0.2, 0) is 15.1 Å². The summed E-state index contributed by atoms with van der Waals surface area (Å²) in [7, 11) is 0. The topological polar surface area (TPSA) is 93.5 Å². The van der Waals surface area contributed by atoms with Crippen LogP contribution in [-0.4, -0.2) is 31.6 Å². The van der Waals surface area contributed by atoms with Crippen molar-refractivity contribution in [3.63, 3.8) is 0 Å². The van der Waals surface area contributed by atoms with Crippen LogP contribution in [0.2, 0.25) is 0 Å². The normalized spacial score (nSPS) is 12.9. The highest BCUT2D eigenvalue weighted by molar-refractivity contribution is 6.00. The average molecular weight is 369 g/mol. The Morgan fingerprint density at radius 2 is 1.85 bits per heavy atom. The van der Waals surface area contributed by atoms with Crippen molar-refractivity contribution in [2.24, 2.45) is 5.73 Å². The van der Waals surface area contributed by atoms with Crippen LogP contribution in [0.1, 0.15) is 36.2 Å². The van der Waals surface area contributed by atoms with Crippen LogP contribution in [0.15, 0.2) is 54.6 Å². The first kappa shape index (κ1) is 20.6. The van der Waals surface area contributed by atoms with Gasteiger partial charge in [0.1, 0.15) is 5.54 Å². The Balaban J connectivity index is 1.98. The maximum atomic E-state index is 12.6. The zero-order valence-corrected chi connectivity index (χ0v) is 15.8. The van der Waals surface area contributed by atoms with Crippen molar-refractivity contribution in [1.82, 2.24) is 5.32 Å². The molecule has 0 aliphatic carbocycles. The minimum atomic E-state index is -1.18. The van der Waals surface area contributed by atoms with E-state index < -0.39 is 5.54 Å². The third kappa shape index (κ3) is 5.91. The monoisotopic (exact) mass is 369 g/mol. The smallest absolute Gasteiger partial charge is 0.251 e. The Morgan fingerprint density at radius 3 is 2.56 bits per heavy atom. The molecule has 0 bridgehead atoms. The number of nitrogens with two attached hydrogens (primary N) is 1. The predicted octanol–water partition coefficient (Wildman–Crippen LogP) is 2.66. The molecule has 0 radical (unpaired) electrons. The third-order valence-corrected chi connectivity index (χ3v) is 4.18. The molecule has 1 atom stereocenters. The molecule has 0 aliphatic heterocycles. The van der Waals surface area contributed by atoms with Gasteiger partial charge in [0.05, 0.1) is 0 Å². The Labute approximate surface area is 160 Å². The quantitative estimate of drug-likeness (QED) is 0.593. The number of rotatable bonds is 9. The summed E-state index contributed by atoms with van der Waals surface area (Å²) in [6.45, 7) is 5.40. The maximum absolute atomic E-state index is 12.6. The summed E-state index contributed by atoms with van der Waals surface area (Å²) in [4.78, 5) is 24.9. The second-order valence-corrected chi connectivity index (χ2v) is 6.41. The molecule has 0 aliphatic rings. The van der Waals surface area contributed by atoms with Gasteiger partial charge in [-0.25, -0.2) is 0 Å². The van der Waals surface area contributed by atoms with Crippen molar-refractivity contribution in [2.45, 2.75) is 25.8 Å². The van der Waals surface area contributed by atoms with E-state index in [1.165, 1.54) is 0 Å². The van der Waals surface area contributed by atoms with Crippen LogP contribution in [0.25, 0.3) is 0 Å².